The number of guanidine groups is 1. The lowest BCUT2D eigenvalue weighted by Gasteiger charge is -2.19. The number of nitrogens with zero attached hydrogens (tertiary/aromatic N) is 4. The van der Waals surface area contributed by atoms with Crippen LogP contribution in [0.3, 0.4) is 0 Å². The first-order chi connectivity index (χ1) is 7.67. The first-order valence-corrected chi connectivity index (χ1v) is 5.69. The molecule has 1 aromatic heterocycles. The van der Waals surface area contributed by atoms with Gasteiger partial charge in [-0.15, -0.1) is 0 Å². The van der Waals surface area contributed by atoms with Gasteiger partial charge in [0.25, 0.3) is 0 Å². The molecule has 5 heteroatoms. The molecule has 0 atom stereocenters. The predicted octanol–water partition coefficient (Wildman–Crippen LogP) is 0.619. The molecule has 0 saturated carbocycles. The van der Waals surface area contributed by atoms with Gasteiger partial charge in [-0.2, -0.15) is 5.10 Å². The van der Waals surface area contributed by atoms with Crippen LogP contribution in [0.2, 0.25) is 0 Å². The molecular weight excluding hydrogens is 202 g/mol. The maximum atomic E-state index is 5.86. The second-order valence-corrected chi connectivity index (χ2v) is 3.68. The van der Waals surface area contributed by atoms with Gasteiger partial charge >= 0.3 is 0 Å². The van der Waals surface area contributed by atoms with E-state index in [1.54, 1.807) is 4.68 Å². The standard InChI is InChI=1S/C11H21N5/c1-4-16(5-2)11(12)13-7-6-10-8-14-15(3)9-10/h8-9H,4-7H2,1-3H3,(H2,12,13). The number of aliphatic imine (C=N–C) groups is 1. The zero-order chi connectivity index (χ0) is 12.0. The molecular formula is C11H21N5. The molecule has 0 saturated heterocycles. The van der Waals surface area contributed by atoms with Gasteiger partial charge in [0, 0.05) is 32.9 Å². The van der Waals surface area contributed by atoms with Crippen molar-refractivity contribution in [2.75, 3.05) is 19.6 Å². The molecule has 5 nitrogen and oxygen atoms in total. The van der Waals surface area contributed by atoms with Crippen molar-refractivity contribution in [1.82, 2.24) is 14.7 Å². The van der Waals surface area contributed by atoms with Crippen LogP contribution in [0.5, 0.6) is 0 Å². The van der Waals surface area contributed by atoms with Gasteiger partial charge in [-0.1, -0.05) is 0 Å². The van der Waals surface area contributed by atoms with Crippen LogP contribution in [0.25, 0.3) is 0 Å². The summed E-state index contributed by atoms with van der Waals surface area (Å²) in [6.07, 6.45) is 4.75. The van der Waals surface area contributed by atoms with E-state index in [1.165, 1.54) is 5.56 Å². The molecule has 0 spiro atoms. The Kier molecular flexibility index (Phi) is 4.82. The molecule has 0 radical (unpaired) electrons. The number of hydrogen-bond acceptors (Lipinski definition) is 2. The Hall–Kier alpha value is -1.52. The largest absolute Gasteiger partial charge is 0.370 e. The van der Waals surface area contributed by atoms with Crippen molar-refractivity contribution in [3.05, 3.63) is 18.0 Å². The molecule has 0 amide bonds. The van der Waals surface area contributed by atoms with Crippen LogP contribution < -0.4 is 5.73 Å². The van der Waals surface area contributed by atoms with Gasteiger partial charge in [-0.25, -0.2) is 0 Å². The Morgan fingerprint density at radius 1 is 1.50 bits per heavy atom. The summed E-state index contributed by atoms with van der Waals surface area (Å²) in [5.74, 6) is 0.633. The highest BCUT2D eigenvalue weighted by Crippen LogP contribution is 1.98. The van der Waals surface area contributed by atoms with Gasteiger partial charge in [0.05, 0.1) is 6.20 Å². The summed E-state index contributed by atoms with van der Waals surface area (Å²) < 4.78 is 1.80. The second kappa shape index (κ2) is 6.15. The van der Waals surface area contributed by atoms with Gasteiger partial charge in [-0.3, -0.25) is 9.67 Å². The zero-order valence-corrected chi connectivity index (χ0v) is 10.3. The van der Waals surface area contributed by atoms with Crippen LogP contribution >= 0.6 is 0 Å². The lowest BCUT2D eigenvalue weighted by molar-refractivity contribution is 0.458. The maximum absolute atomic E-state index is 5.86. The summed E-state index contributed by atoms with van der Waals surface area (Å²) in [7, 11) is 1.91. The topological polar surface area (TPSA) is 59.4 Å². The fourth-order valence-electron chi connectivity index (χ4n) is 1.55. The molecule has 0 unspecified atom stereocenters. The summed E-state index contributed by atoms with van der Waals surface area (Å²) in [5, 5.41) is 4.11. The van der Waals surface area contributed by atoms with Gasteiger partial charge in [0.15, 0.2) is 5.96 Å². The summed E-state index contributed by atoms with van der Waals surface area (Å²) >= 11 is 0. The van der Waals surface area contributed by atoms with Gasteiger partial charge in [0.2, 0.25) is 0 Å². The van der Waals surface area contributed by atoms with Crippen molar-refractivity contribution in [3.63, 3.8) is 0 Å². The smallest absolute Gasteiger partial charge is 0.191 e. The van der Waals surface area contributed by atoms with Crippen LogP contribution in [-0.2, 0) is 13.5 Å². The van der Waals surface area contributed by atoms with E-state index >= 15 is 0 Å². The number of nitrogens with two attached hydrogens (primary N) is 1. The molecule has 0 aliphatic heterocycles. The average Bonchev–Trinajstić information content (AvgIpc) is 2.66. The Morgan fingerprint density at radius 2 is 2.19 bits per heavy atom. The number of aromatic nitrogens is 2. The van der Waals surface area contributed by atoms with Crippen LogP contribution in [0.15, 0.2) is 17.4 Å². The first-order valence-electron chi connectivity index (χ1n) is 5.69. The highest BCUT2D eigenvalue weighted by atomic mass is 15.2. The number of aryl methyl sites for hydroxylation is 1. The fourth-order valence-corrected chi connectivity index (χ4v) is 1.55. The summed E-state index contributed by atoms with van der Waals surface area (Å²) in [6.45, 7) is 6.67. The third-order valence-corrected chi connectivity index (χ3v) is 2.52. The van der Waals surface area contributed by atoms with E-state index in [-0.39, 0.29) is 0 Å². The predicted molar refractivity (Wildman–Crippen MR) is 66.3 cm³/mol. The molecule has 1 heterocycles. The second-order valence-electron chi connectivity index (χ2n) is 3.68. The molecule has 16 heavy (non-hydrogen) atoms. The van der Waals surface area contributed by atoms with Gasteiger partial charge in [-0.05, 0) is 25.8 Å². The number of hydrogen-bond donors (Lipinski definition) is 1. The molecule has 0 aliphatic carbocycles. The van der Waals surface area contributed by atoms with Gasteiger partial charge in [0.1, 0.15) is 0 Å². The lowest BCUT2D eigenvalue weighted by Crippen LogP contribution is -2.37. The van der Waals surface area contributed by atoms with Crippen molar-refractivity contribution < 1.29 is 0 Å². The SMILES string of the molecule is CCN(CC)C(N)=NCCc1cnn(C)c1. The Labute approximate surface area is 97.0 Å². The lowest BCUT2D eigenvalue weighted by atomic mass is 10.3. The molecule has 0 aromatic carbocycles. The normalized spacial score (nSPS) is 11.8. The van der Waals surface area contributed by atoms with E-state index in [2.05, 4.69) is 23.9 Å². The third-order valence-electron chi connectivity index (χ3n) is 2.52. The van der Waals surface area contributed by atoms with E-state index in [1.807, 2.05) is 24.3 Å². The maximum Gasteiger partial charge on any atom is 0.191 e. The fraction of sp³-hybridized carbons (Fsp3) is 0.636. The Morgan fingerprint density at radius 3 is 2.69 bits per heavy atom. The molecule has 2 N–H and O–H groups in total. The highest BCUT2D eigenvalue weighted by Gasteiger charge is 2.01. The highest BCUT2D eigenvalue weighted by molar-refractivity contribution is 5.77. The zero-order valence-electron chi connectivity index (χ0n) is 10.3. The minimum absolute atomic E-state index is 0.633. The first kappa shape index (κ1) is 12.5. The minimum Gasteiger partial charge on any atom is -0.370 e. The number of rotatable bonds is 5. The molecule has 0 bridgehead atoms. The Balaban J connectivity index is 2.41. The molecule has 1 rings (SSSR count). The molecule has 0 fully saturated rings. The van der Waals surface area contributed by atoms with E-state index in [0.717, 1.165) is 19.5 Å². The average molecular weight is 223 g/mol. The van der Waals surface area contributed by atoms with Crippen molar-refractivity contribution in [3.8, 4) is 0 Å². The van der Waals surface area contributed by atoms with Crippen molar-refractivity contribution >= 4 is 5.96 Å². The van der Waals surface area contributed by atoms with Crippen LogP contribution in [-0.4, -0.2) is 40.3 Å². The van der Waals surface area contributed by atoms with E-state index in [0.29, 0.717) is 12.5 Å². The van der Waals surface area contributed by atoms with E-state index in [4.69, 9.17) is 5.73 Å². The van der Waals surface area contributed by atoms with E-state index in [9.17, 15) is 0 Å². The van der Waals surface area contributed by atoms with Crippen LogP contribution in [0, 0.1) is 0 Å². The van der Waals surface area contributed by atoms with E-state index < -0.39 is 0 Å². The van der Waals surface area contributed by atoms with Crippen molar-refractivity contribution in [1.29, 1.82) is 0 Å². The Bertz CT molecular complexity index is 338. The third kappa shape index (κ3) is 3.56. The summed E-state index contributed by atoms with van der Waals surface area (Å²) in [4.78, 5) is 6.40. The van der Waals surface area contributed by atoms with Crippen LogP contribution in [0.1, 0.15) is 19.4 Å². The molecule has 1 aromatic rings. The quantitative estimate of drug-likeness (QED) is 0.588. The minimum atomic E-state index is 0.633. The molecule has 0 aliphatic rings. The summed E-state index contributed by atoms with van der Waals surface area (Å²) in [6, 6.07) is 0. The van der Waals surface area contributed by atoms with Crippen molar-refractivity contribution in [2.45, 2.75) is 20.3 Å². The van der Waals surface area contributed by atoms with Crippen molar-refractivity contribution in [2.24, 2.45) is 17.8 Å². The van der Waals surface area contributed by atoms with Gasteiger partial charge < -0.3 is 10.6 Å². The molecule has 90 valence electrons. The van der Waals surface area contributed by atoms with Crippen LogP contribution in [0.4, 0.5) is 0 Å². The summed E-state index contributed by atoms with van der Waals surface area (Å²) in [5.41, 5.74) is 7.06. The monoisotopic (exact) mass is 223 g/mol.